The van der Waals surface area contributed by atoms with E-state index in [-0.39, 0.29) is 11.9 Å². The maximum absolute atomic E-state index is 9.84. The Labute approximate surface area is 130 Å². The fourth-order valence-electron chi connectivity index (χ4n) is 2.09. The number of aryl methyl sites for hydroxylation is 1. The molecule has 0 fully saturated rings. The van der Waals surface area contributed by atoms with E-state index < -0.39 is 0 Å². The summed E-state index contributed by atoms with van der Waals surface area (Å²) in [4.78, 5) is 0. The SMILES string of the molecule is Cc1cc(OC(C)C)ccc1NCc1c(O)cccc1Cl. The summed E-state index contributed by atoms with van der Waals surface area (Å²) in [5.74, 6) is 1.06. The van der Waals surface area contributed by atoms with Crippen molar-refractivity contribution in [1.29, 1.82) is 0 Å². The Morgan fingerprint density at radius 1 is 1.24 bits per heavy atom. The molecular weight excluding hydrogens is 286 g/mol. The van der Waals surface area contributed by atoms with Gasteiger partial charge in [-0.15, -0.1) is 0 Å². The number of rotatable bonds is 5. The highest BCUT2D eigenvalue weighted by atomic mass is 35.5. The quantitative estimate of drug-likeness (QED) is 0.837. The maximum Gasteiger partial charge on any atom is 0.122 e. The van der Waals surface area contributed by atoms with E-state index in [0.717, 1.165) is 17.0 Å². The van der Waals surface area contributed by atoms with Crippen LogP contribution in [-0.2, 0) is 6.54 Å². The van der Waals surface area contributed by atoms with Crippen LogP contribution in [0.5, 0.6) is 11.5 Å². The van der Waals surface area contributed by atoms with Crippen LogP contribution in [0.15, 0.2) is 36.4 Å². The number of nitrogens with one attached hydrogen (secondary N) is 1. The van der Waals surface area contributed by atoms with Gasteiger partial charge in [0.1, 0.15) is 11.5 Å². The smallest absolute Gasteiger partial charge is 0.122 e. The minimum Gasteiger partial charge on any atom is -0.508 e. The molecule has 0 unspecified atom stereocenters. The number of ether oxygens (including phenoxy) is 1. The molecule has 0 aromatic heterocycles. The van der Waals surface area contributed by atoms with Gasteiger partial charge in [0.25, 0.3) is 0 Å². The molecule has 2 N–H and O–H groups in total. The molecule has 0 aliphatic heterocycles. The molecule has 0 spiro atoms. The van der Waals surface area contributed by atoms with Crippen molar-refractivity contribution in [3.63, 3.8) is 0 Å². The first-order valence-electron chi connectivity index (χ1n) is 6.95. The molecule has 2 aromatic rings. The molecular formula is C17H20ClNO2. The van der Waals surface area contributed by atoms with Crippen molar-refractivity contribution >= 4 is 17.3 Å². The second kappa shape index (κ2) is 6.72. The summed E-state index contributed by atoms with van der Waals surface area (Å²) < 4.78 is 5.66. The first kappa shape index (κ1) is 15.5. The maximum atomic E-state index is 9.84. The predicted molar refractivity (Wildman–Crippen MR) is 87.4 cm³/mol. The molecule has 2 aromatic carbocycles. The van der Waals surface area contributed by atoms with Crippen LogP contribution in [0.25, 0.3) is 0 Å². The first-order valence-corrected chi connectivity index (χ1v) is 7.32. The molecule has 0 saturated heterocycles. The Kier molecular flexibility index (Phi) is 4.97. The van der Waals surface area contributed by atoms with Gasteiger partial charge in [-0.05, 0) is 56.7 Å². The number of phenols is 1. The molecule has 0 saturated carbocycles. The molecule has 112 valence electrons. The van der Waals surface area contributed by atoms with E-state index in [2.05, 4.69) is 5.32 Å². The lowest BCUT2D eigenvalue weighted by Crippen LogP contribution is -2.06. The summed E-state index contributed by atoms with van der Waals surface area (Å²) in [6.07, 6.45) is 0.156. The van der Waals surface area contributed by atoms with Crippen molar-refractivity contribution in [2.24, 2.45) is 0 Å². The minimum absolute atomic E-state index is 0.156. The molecule has 0 atom stereocenters. The van der Waals surface area contributed by atoms with E-state index >= 15 is 0 Å². The van der Waals surface area contributed by atoms with Crippen molar-refractivity contribution in [3.8, 4) is 11.5 Å². The van der Waals surface area contributed by atoms with Gasteiger partial charge in [-0.3, -0.25) is 0 Å². The van der Waals surface area contributed by atoms with E-state index in [1.54, 1.807) is 18.2 Å². The number of aromatic hydroxyl groups is 1. The Hall–Kier alpha value is -1.87. The van der Waals surface area contributed by atoms with Gasteiger partial charge in [0.2, 0.25) is 0 Å². The third kappa shape index (κ3) is 4.05. The molecule has 4 heteroatoms. The summed E-state index contributed by atoms with van der Waals surface area (Å²) >= 11 is 6.10. The van der Waals surface area contributed by atoms with Gasteiger partial charge in [0.05, 0.1) is 6.10 Å². The molecule has 0 bridgehead atoms. The fraction of sp³-hybridized carbons (Fsp3) is 0.294. The summed E-state index contributed by atoms with van der Waals surface area (Å²) in [7, 11) is 0. The number of benzene rings is 2. The molecule has 0 amide bonds. The van der Waals surface area contributed by atoms with Crippen LogP contribution in [0, 0.1) is 6.92 Å². The lowest BCUT2D eigenvalue weighted by Gasteiger charge is -2.14. The summed E-state index contributed by atoms with van der Waals surface area (Å²) in [5.41, 5.74) is 2.77. The molecule has 3 nitrogen and oxygen atoms in total. The fourth-order valence-corrected chi connectivity index (χ4v) is 2.32. The molecule has 2 rings (SSSR count). The Morgan fingerprint density at radius 2 is 2.00 bits per heavy atom. The molecule has 0 radical (unpaired) electrons. The zero-order valence-corrected chi connectivity index (χ0v) is 13.2. The van der Waals surface area contributed by atoms with Crippen LogP contribution in [0.4, 0.5) is 5.69 Å². The van der Waals surface area contributed by atoms with Gasteiger partial charge >= 0.3 is 0 Å². The average molecular weight is 306 g/mol. The number of halogens is 1. The summed E-state index contributed by atoms with van der Waals surface area (Å²) in [6, 6.07) is 11.0. The van der Waals surface area contributed by atoms with E-state index in [0.29, 0.717) is 17.1 Å². The Balaban J connectivity index is 2.10. The van der Waals surface area contributed by atoms with E-state index in [1.807, 2.05) is 39.0 Å². The van der Waals surface area contributed by atoms with Crippen LogP contribution >= 0.6 is 11.6 Å². The zero-order chi connectivity index (χ0) is 15.4. The topological polar surface area (TPSA) is 41.5 Å². The third-order valence-electron chi connectivity index (χ3n) is 3.12. The number of anilines is 1. The third-order valence-corrected chi connectivity index (χ3v) is 3.47. The lowest BCUT2D eigenvalue weighted by molar-refractivity contribution is 0.242. The van der Waals surface area contributed by atoms with Gasteiger partial charge in [-0.2, -0.15) is 0 Å². The van der Waals surface area contributed by atoms with Crippen LogP contribution in [0.2, 0.25) is 5.02 Å². The highest BCUT2D eigenvalue weighted by Crippen LogP contribution is 2.28. The van der Waals surface area contributed by atoms with Crippen molar-refractivity contribution in [3.05, 3.63) is 52.5 Å². The lowest BCUT2D eigenvalue weighted by atomic mass is 10.1. The first-order chi connectivity index (χ1) is 9.97. The zero-order valence-electron chi connectivity index (χ0n) is 12.5. The standard InChI is InChI=1S/C17H20ClNO2/c1-11(2)21-13-7-8-16(12(3)9-13)19-10-14-15(18)5-4-6-17(14)20/h4-9,11,19-20H,10H2,1-3H3. The highest BCUT2D eigenvalue weighted by molar-refractivity contribution is 6.31. The second-order valence-electron chi connectivity index (χ2n) is 5.23. The highest BCUT2D eigenvalue weighted by Gasteiger charge is 2.07. The van der Waals surface area contributed by atoms with Gasteiger partial charge in [-0.1, -0.05) is 17.7 Å². The normalized spacial score (nSPS) is 10.7. The van der Waals surface area contributed by atoms with Crippen molar-refractivity contribution in [2.75, 3.05) is 5.32 Å². The van der Waals surface area contributed by atoms with Gasteiger partial charge in [0, 0.05) is 22.8 Å². The van der Waals surface area contributed by atoms with Crippen LogP contribution in [0.1, 0.15) is 25.0 Å². The Bertz CT molecular complexity index is 606. The summed E-state index contributed by atoms with van der Waals surface area (Å²) in [5, 5.41) is 13.7. The van der Waals surface area contributed by atoms with Crippen molar-refractivity contribution in [1.82, 2.24) is 0 Å². The van der Waals surface area contributed by atoms with Gasteiger partial charge < -0.3 is 15.2 Å². The second-order valence-corrected chi connectivity index (χ2v) is 5.64. The van der Waals surface area contributed by atoms with Crippen LogP contribution < -0.4 is 10.1 Å². The summed E-state index contributed by atoms with van der Waals surface area (Å²) in [6.45, 7) is 6.49. The molecule has 21 heavy (non-hydrogen) atoms. The van der Waals surface area contributed by atoms with Gasteiger partial charge in [-0.25, -0.2) is 0 Å². The molecule has 0 heterocycles. The Morgan fingerprint density at radius 3 is 2.62 bits per heavy atom. The monoisotopic (exact) mass is 305 g/mol. The van der Waals surface area contributed by atoms with E-state index in [4.69, 9.17) is 16.3 Å². The van der Waals surface area contributed by atoms with Crippen LogP contribution in [0.3, 0.4) is 0 Å². The number of hydrogen-bond acceptors (Lipinski definition) is 3. The van der Waals surface area contributed by atoms with Gasteiger partial charge in [0.15, 0.2) is 0 Å². The largest absolute Gasteiger partial charge is 0.508 e. The number of phenolic OH excluding ortho intramolecular Hbond substituents is 1. The molecule has 0 aliphatic carbocycles. The van der Waals surface area contributed by atoms with E-state index in [9.17, 15) is 5.11 Å². The van der Waals surface area contributed by atoms with Crippen LogP contribution in [-0.4, -0.2) is 11.2 Å². The number of hydrogen-bond donors (Lipinski definition) is 2. The van der Waals surface area contributed by atoms with Crippen molar-refractivity contribution in [2.45, 2.75) is 33.4 Å². The van der Waals surface area contributed by atoms with Crippen molar-refractivity contribution < 1.29 is 9.84 Å². The van der Waals surface area contributed by atoms with E-state index in [1.165, 1.54) is 0 Å². The predicted octanol–water partition coefficient (Wildman–Crippen LogP) is 4.75. The minimum atomic E-state index is 0.156. The molecule has 0 aliphatic rings. The average Bonchev–Trinajstić information content (AvgIpc) is 2.39.